The number of amides is 1. The SMILES string of the molecule is CC(=O)Nc1nc(F)c(CN2C[C@@]3(Cc4cc(N(C)C)ncc4O3)C[C@@H]2C)s1. The van der Waals surface area contributed by atoms with E-state index in [0.29, 0.717) is 23.1 Å². The van der Waals surface area contributed by atoms with Gasteiger partial charge in [0, 0.05) is 58.6 Å². The van der Waals surface area contributed by atoms with Crippen LogP contribution >= 0.6 is 11.3 Å². The molecule has 1 fully saturated rings. The molecule has 9 heteroatoms. The maximum atomic E-state index is 14.2. The van der Waals surface area contributed by atoms with E-state index in [0.717, 1.165) is 24.4 Å². The zero-order valence-corrected chi connectivity index (χ0v) is 17.3. The molecule has 150 valence electrons. The molecule has 1 spiro atoms. The molecule has 7 nitrogen and oxygen atoms in total. The van der Waals surface area contributed by atoms with Crippen LogP contribution in [0.4, 0.5) is 15.3 Å². The molecule has 28 heavy (non-hydrogen) atoms. The van der Waals surface area contributed by atoms with Crippen LogP contribution in [0.15, 0.2) is 12.3 Å². The van der Waals surface area contributed by atoms with Gasteiger partial charge in [-0.3, -0.25) is 9.69 Å². The Morgan fingerprint density at radius 1 is 1.54 bits per heavy atom. The van der Waals surface area contributed by atoms with Gasteiger partial charge in [0.2, 0.25) is 11.9 Å². The van der Waals surface area contributed by atoms with E-state index < -0.39 is 5.95 Å². The summed E-state index contributed by atoms with van der Waals surface area (Å²) < 4.78 is 20.6. The smallest absolute Gasteiger partial charge is 0.230 e. The predicted octanol–water partition coefficient (Wildman–Crippen LogP) is 2.67. The Morgan fingerprint density at radius 2 is 2.32 bits per heavy atom. The van der Waals surface area contributed by atoms with Crippen LogP contribution in [0.5, 0.6) is 5.75 Å². The van der Waals surface area contributed by atoms with Gasteiger partial charge in [0.25, 0.3) is 0 Å². The molecule has 2 aromatic heterocycles. The first-order chi connectivity index (χ1) is 13.2. The number of thiazole rings is 1. The van der Waals surface area contributed by atoms with Gasteiger partial charge in [-0.2, -0.15) is 9.37 Å². The number of rotatable bonds is 4. The second-order valence-electron chi connectivity index (χ2n) is 7.88. The number of carbonyl (C=O) groups excluding carboxylic acids is 1. The molecule has 4 rings (SSSR count). The van der Waals surface area contributed by atoms with E-state index in [1.165, 1.54) is 23.8 Å². The second-order valence-corrected chi connectivity index (χ2v) is 8.96. The third-order valence-corrected chi connectivity index (χ3v) is 6.22. The summed E-state index contributed by atoms with van der Waals surface area (Å²) in [5.41, 5.74) is 0.875. The molecule has 0 aliphatic carbocycles. The Hall–Kier alpha value is -2.26. The molecule has 2 aliphatic rings. The quantitative estimate of drug-likeness (QED) is 0.843. The Kier molecular flexibility index (Phi) is 4.75. The Bertz CT molecular complexity index is 918. The van der Waals surface area contributed by atoms with Gasteiger partial charge in [-0.05, 0) is 13.0 Å². The molecular formula is C19H24FN5O2S. The topological polar surface area (TPSA) is 70.6 Å². The second kappa shape index (κ2) is 6.97. The van der Waals surface area contributed by atoms with Crippen LogP contribution in [0.2, 0.25) is 0 Å². The van der Waals surface area contributed by atoms with Crippen LogP contribution in [0.1, 0.15) is 30.7 Å². The molecular weight excluding hydrogens is 381 g/mol. The van der Waals surface area contributed by atoms with Crippen LogP contribution < -0.4 is 15.0 Å². The molecule has 0 radical (unpaired) electrons. The summed E-state index contributed by atoms with van der Waals surface area (Å²) >= 11 is 1.18. The van der Waals surface area contributed by atoms with E-state index in [1.54, 1.807) is 6.20 Å². The number of fused-ring (bicyclic) bond motifs is 1. The first kappa shape index (κ1) is 19.1. The lowest BCUT2D eigenvalue weighted by Crippen LogP contribution is -2.37. The summed E-state index contributed by atoms with van der Waals surface area (Å²) in [5, 5.41) is 2.85. The average Bonchev–Trinajstić information content (AvgIpc) is 3.21. The van der Waals surface area contributed by atoms with Crippen molar-refractivity contribution in [3.63, 3.8) is 0 Å². The van der Waals surface area contributed by atoms with E-state index in [9.17, 15) is 9.18 Å². The van der Waals surface area contributed by atoms with Gasteiger partial charge in [-0.25, -0.2) is 4.98 Å². The van der Waals surface area contributed by atoms with E-state index in [4.69, 9.17) is 4.74 Å². The van der Waals surface area contributed by atoms with Gasteiger partial charge in [0.15, 0.2) is 5.13 Å². The number of likely N-dealkylation sites (tertiary alicyclic amines) is 1. The molecule has 0 saturated carbocycles. The first-order valence-electron chi connectivity index (χ1n) is 9.27. The Morgan fingerprint density at radius 3 is 3.04 bits per heavy atom. The maximum Gasteiger partial charge on any atom is 0.230 e. The molecule has 0 aromatic carbocycles. The number of hydrogen-bond donors (Lipinski definition) is 1. The van der Waals surface area contributed by atoms with Crippen LogP contribution in [0, 0.1) is 5.95 Å². The standard InChI is InChI=1S/C19H24FN5O2S/c1-11-6-19(7-13-5-16(24(3)4)21-8-14(13)27-19)10-25(11)9-15-17(20)23-18(28-15)22-12(2)26/h5,8,11H,6-7,9-10H2,1-4H3,(H,22,23,26)/t11-,19-/m0/s1. The van der Waals surface area contributed by atoms with Crippen molar-refractivity contribution in [1.82, 2.24) is 14.9 Å². The number of ether oxygens (including phenoxy) is 1. The van der Waals surface area contributed by atoms with Crippen LogP contribution in [0.3, 0.4) is 0 Å². The fourth-order valence-corrected chi connectivity index (χ4v) is 4.97. The van der Waals surface area contributed by atoms with Gasteiger partial charge in [0.1, 0.15) is 17.2 Å². The molecule has 2 aliphatic heterocycles. The van der Waals surface area contributed by atoms with Crippen LogP contribution in [-0.4, -0.2) is 53.1 Å². The summed E-state index contributed by atoms with van der Waals surface area (Å²) in [5.74, 6) is 0.991. The summed E-state index contributed by atoms with van der Waals surface area (Å²) in [6, 6.07) is 2.33. The number of nitrogens with one attached hydrogen (secondary N) is 1. The van der Waals surface area contributed by atoms with E-state index >= 15 is 0 Å². The van der Waals surface area contributed by atoms with Gasteiger partial charge in [-0.15, -0.1) is 0 Å². The fourth-order valence-electron chi connectivity index (χ4n) is 4.05. The molecule has 2 atom stereocenters. The molecule has 2 aromatic rings. The number of carbonyl (C=O) groups is 1. The lowest BCUT2D eigenvalue weighted by atomic mass is 9.95. The lowest BCUT2D eigenvalue weighted by molar-refractivity contribution is -0.114. The van der Waals surface area contributed by atoms with Crippen LogP contribution in [-0.2, 0) is 17.8 Å². The highest BCUT2D eigenvalue weighted by atomic mass is 32.1. The van der Waals surface area contributed by atoms with Gasteiger partial charge < -0.3 is 15.0 Å². The highest BCUT2D eigenvalue weighted by Crippen LogP contribution is 2.43. The highest BCUT2D eigenvalue weighted by Gasteiger charge is 2.48. The van der Waals surface area contributed by atoms with Gasteiger partial charge in [0.05, 0.1) is 11.1 Å². The van der Waals surface area contributed by atoms with Crippen molar-refractivity contribution in [3.05, 3.63) is 28.7 Å². The number of pyridine rings is 1. The van der Waals surface area contributed by atoms with Crippen molar-refractivity contribution in [2.24, 2.45) is 0 Å². The maximum absolute atomic E-state index is 14.2. The zero-order valence-electron chi connectivity index (χ0n) is 16.5. The normalized spacial score (nSPS) is 23.7. The monoisotopic (exact) mass is 405 g/mol. The first-order valence-corrected chi connectivity index (χ1v) is 10.1. The minimum Gasteiger partial charge on any atom is -0.484 e. The van der Waals surface area contributed by atoms with Crippen molar-refractivity contribution in [2.45, 2.75) is 44.9 Å². The molecule has 1 amide bonds. The summed E-state index contributed by atoms with van der Waals surface area (Å²) in [6.45, 7) is 4.69. The van der Waals surface area contributed by atoms with E-state index in [1.807, 2.05) is 19.0 Å². The Balaban J connectivity index is 1.48. The average molecular weight is 405 g/mol. The third kappa shape index (κ3) is 3.56. The summed E-state index contributed by atoms with van der Waals surface area (Å²) in [6.07, 6.45) is 3.50. The minimum atomic E-state index is -0.516. The lowest BCUT2D eigenvalue weighted by Gasteiger charge is -2.23. The van der Waals surface area contributed by atoms with Gasteiger partial charge >= 0.3 is 0 Å². The fraction of sp³-hybridized carbons (Fsp3) is 0.526. The summed E-state index contributed by atoms with van der Waals surface area (Å²) in [4.78, 5) is 24.2. The van der Waals surface area contributed by atoms with Crippen molar-refractivity contribution < 1.29 is 13.9 Å². The third-order valence-electron chi connectivity index (χ3n) is 5.29. The number of nitrogens with zero attached hydrogens (tertiary/aromatic N) is 4. The number of hydrogen-bond acceptors (Lipinski definition) is 7. The molecule has 4 heterocycles. The molecule has 0 unspecified atom stereocenters. The van der Waals surface area contributed by atoms with Crippen LogP contribution in [0.25, 0.3) is 0 Å². The van der Waals surface area contributed by atoms with Crippen molar-refractivity contribution in [2.75, 3.05) is 30.9 Å². The summed E-state index contributed by atoms with van der Waals surface area (Å²) in [7, 11) is 3.94. The molecule has 1 N–H and O–H groups in total. The molecule has 1 saturated heterocycles. The number of halogens is 1. The van der Waals surface area contributed by atoms with Gasteiger partial charge in [-0.1, -0.05) is 11.3 Å². The highest BCUT2D eigenvalue weighted by molar-refractivity contribution is 7.15. The number of anilines is 2. The van der Waals surface area contributed by atoms with Crippen molar-refractivity contribution in [3.8, 4) is 5.75 Å². The Labute approximate surface area is 167 Å². The largest absolute Gasteiger partial charge is 0.484 e. The van der Waals surface area contributed by atoms with Crippen molar-refractivity contribution in [1.29, 1.82) is 0 Å². The number of aromatic nitrogens is 2. The van der Waals surface area contributed by atoms with Crippen molar-refractivity contribution >= 4 is 28.2 Å². The predicted molar refractivity (Wildman–Crippen MR) is 106 cm³/mol. The minimum absolute atomic E-state index is 0.251. The molecule has 0 bridgehead atoms. The van der Waals surface area contributed by atoms with E-state index in [-0.39, 0.29) is 17.6 Å². The zero-order chi connectivity index (χ0) is 20.1. The van der Waals surface area contributed by atoms with E-state index in [2.05, 4.69) is 33.2 Å².